The number of hydrogen-bond donors (Lipinski definition) is 0. The Hall–Kier alpha value is -2.37. The Morgan fingerprint density at radius 1 is 1.35 bits per heavy atom. The second kappa shape index (κ2) is 4.65. The van der Waals surface area contributed by atoms with Crippen molar-refractivity contribution in [2.24, 2.45) is 7.05 Å². The van der Waals surface area contributed by atoms with Gasteiger partial charge in [-0.05, 0) is 34.2 Å². The van der Waals surface area contributed by atoms with E-state index in [1.54, 1.807) is 25.3 Å². The van der Waals surface area contributed by atoms with Crippen LogP contribution in [0.1, 0.15) is 11.4 Å². The number of nitrogens with zero attached hydrogens (tertiary/aromatic N) is 4. The maximum atomic E-state index is 12.7. The molecule has 0 saturated carbocycles. The Morgan fingerprint density at radius 3 is 2.59 bits per heavy atom. The smallest absolute Gasteiger partial charge is 0.185 e. The second-order valence-electron chi connectivity index (χ2n) is 3.40. The molecule has 0 aliphatic carbocycles. The van der Waals surface area contributed by atoms with Gasteiger partial charge in [0, 0.05) is 7.05 Å². The molecule has 0 aliphatic rings. The first-order valence-corrected chi connectivity index (χ1v) is 4.86. The number of benzene rings is 1. The second-order valence-corrected chi connectivity index (χ2v) is 3.40. The van der Waals surface area contributed by atoms with Crippen molar-refractivity contribution >= 4 is 17.9 Å². The molecule has 1 heterocycles. The predicted octanol–water partition coefficient (Wildman–Crippen LogP) is 1.09. The highest BCUT2D eigenvalue weighted by Crippen LogP contribution is 2.13. The molecule has 17 heavy (non-hydrogen) atoms. The molecule has 0 radical (unpaired) electrons. The van der Waals surface area contributed by atoms with Crippen molar-refractivity contribution in [1.29, 1.82) is 0 Å². The summed E-state index contributed by atoms with van der Waals surface area (Å²) in [7, 11) is 1.64. The van der Waals surface area contributed by atoms with Crippen LogP contribution in [-0.2, 0) is 11.8 Å². The lowest BCUT2D eigenvalue weighted by Gasteiger charge is -1.98. The van der Waals surface area contributed by atoms with Gasteiger partial charge in [-0.1, -0.05) is 12.1 Å². The number of aromatic nitrogens is 4. The van der Waals surface area contributed by atoms with Crippen LogP contribution in [0.5, 0.6) is 0 Å². The first-order valence-electron chi connectivity index (χ1n) is 4.86. The van der Waals surface area contributed by atoms with Crippen molar-refractivity contribution in [3.05, 3.63) is 41.5 Å². The van der Waals surface area contributed by atoms with Gasteiger partial charge in [0.2, 0.25) is 0 Å². The van der Waals surface area contributed by atoms with E-state index in [1.807, 2.05) is 0 Å². The van der Waals surface area contributed by atoms with Gasteiger partial charge in [-0.3, -0.25) is 4.79 Å². The van der Waals surface area contributed by atoms with Crippen molar-refractivity contribution in [3.63, 3.8) is 0 Å². The van der Waals surface area contributed by atoms with E-state index in [2.05, 4.69) is 15.5 Å². The fourth-order valence-corrected chi connectivity index (χ4v) is 1.36. The Kier molecular flexibility index (Phi) is 3.04. The normalized spacial score (nSPS) is 11.5. The highest BCUT2D eigenvalue weighted by atomic mass is 19.1. The summed E-state index contributed by atoms with van der Waals surface area (Å²) in [6.45, 7) is 0. The molecule has 5 nitrogen and oxygen atoms in total. The van der Waals surface area contributed by atoms with Crippen LogP contribution in [0.15, 0.2) is 24.3 Å². The van der Waals surface area contributed by atoms with Crippen LogP contribution < -0.4 is 0 Å². The highest BCUT2D eigenvalue weighted by Gasteiger charge is 2.08. The van der Waals surface area contributed by atoms with Gasteiger partial charge < -0.3 is 0 Å². The Balaban J connectivity index is 2.39. The minimum absolute atomic E-state index is 0.324. The van der Waals surface area contributed by atoms with Gasteiger partial charge in [0.15, 0.2) is 12.1 Å². The topological polar surface area (TPSA) is 60.7 Å². The molecule has 0 aliphatic heterocycles. The number of hydrogen-bond acceptors (Lipinski definition) is 4. The van der Waals surface area contributed by atoms with Gasteiger partial charge in [-0.25, -0.2) is 9.07 Å². The van der Waals surface area contributed by atoms with Crippen molar-refractivity contribution in [2.75, 3.05) is 0 Å². The van der Waals surface area contributed by atoms with Gasteiger partial charge in [-0.15, -0.1) is 5.10 Å². The zero-order chi connectivity index (χ0) is 12.3. The molecule has 0 N–H and O–H groups in total. The Labute approximate surface area is 96.6 Å². The lowest BCUT2D eigenvalue weighted by molar-refractivity contribution is -0.103. The molecular weight excluding hydrogens is 223 g/mol. The SMILES string of the molecule is Cn1nnnc1/C(C=O)=C/c1ccc(F)cc1. The molecule has 1 aromatic heterocycles. The minimum Gasteiger partial charge on any atom is -0.298 e. The molecule has 2 aromatic rings. The predicted molar refractivity (Wildman–Crippen MR) is 59.1 cm³/mol. The third-order valence-electron chi connectivity index (χ3n) is 2.20. The first kappa shape index (κ1) is 11.1. The molecular formula is C11H9FN4O. The number of rotatable bonds is 3. The summed E-state index contributed by atoms with van der Waals surface area (Å²) in [5, 5.41) is 10.8. The quantitative estimate of drug-likeness (QED) is 0.587. The Bertz CT molecular complexity index is 559. The molecule has 2 rings (SSSR count). The summed E-state index contributed by atoms with van der Waals surface area (Å²) in [6, 6.07) is 5.79. The van der Waals surface area contributed by atoms with Gasteiger partial charge >= 0.3 is 0 Å². The molecule has 86 valence electrons. The van der Waals surface area contributed by atoms with E-state index in [1.165, 1.54) is 16.8 Å². The molecule has 0 fully saturated rings. The van der Waals surface area contributed by atoms with Gasteiger partial charge in [0.1, 0.15) is 5.82 Å². The highest BCUT2D eigenvalue weighted by molar-refractivity contribution is 6.11. The fraction of sp³-hybridized carbons (Fsp3) is 0.0909. The third-order valence-corrected chi connectivity index (χ3v) is 2.20. The molecule has 0 bridgehead atoms. The minimum atomic E-state index is -0.324. The van der Waals surface area contributed by atoms with Crippen LogP contribution in [0.2, 0.25) is 0 Å². The van der Waals surface area contributed by atoms with Crippen LogP contribution in [0.4, 0.5) is 4.39 Å². The van der Waals surface area contributed by atoms with Crippen LogP contribution in [0.25, 0.3) is 11.6 Å². The van der Waals surface area contributed by atoms with Gasteiger partial charge in [0.25, 0.3) is 0 Å². The molecule has 1 aromatic carbocycles. The van der Waals surface area contributed by atoms with Gasteiger partial charge in [0.05, 0.1) is 5.57 Å². The van der Waals surface area contributed by atoms with Crippen LogP contribution in [-0.4, -0.2) is 26.5 Å². The lowest BCUT2D eigenvalue weighted by atomic mass is 10.1. The number of tetrazole rings is 1. The molecule has 0 atom stereocenters. The lowest BCUT2D eigenvalue weighted by Crippen LogP contribution is -1.99. The standard InChI is InChI=1S/C11H9FN4O/c1-16-11(13-14-15-16)9(7-17)6-8-2-4-10(12)5-3-8/h2-7H,1H3/b9-6+. The molecule has 6 heteroatoms. The maximum absolute atomic E-state index is 12.7. The van der Waals surface area contributed by atoms with E-state index >= 15 is 0 Å². The summed E-state index contributed by atoms with van der Waals surface area (Å²) in [6.07, 6.45) is 2.26. The zero-order valence-electron chi connectivity index (χ0n) is 9.04. The number of halogens is 1. The summed E-state index contributed by atoms with van der Waals surface area (Å²) in [5.41, 5.74) is 1.04. The number of aryl methyl sites for hydroxylation is 1. The average molecular weight is 232 g/mol. The van der Waals surface area contributed by atoms with Crippen molar-refractivity contribution in [2.45, 2.75) is 0 Å². The number of allylic oxidation sites excluding steroid dienone is 1. The molecule has 0 amide bonds. The van der Waals surface area contributed by atoms with E-state index in [4.69, 9.17) is 0 Å². The molecule has 0 saturated heterocycles. The van der Waals surface area contributed by atoms with Crippen LogP contribution in [0, 0.1) is 5.82 Å². The van der Waals surface area contributed by atoms with Crippen LogP contribution >= 0.6 is 0 Å². The summed E-state index contributed by atoms with van der Waals surface area (Å²) >= 11 is 0. The largest absolute Gasteiger partial charge is 0.298 e. The van der Waals surface area contributed by atoms with Crippen LogP contribution in [0.3, 0.4) is 0 Å². The first-order chi connectivity index (χ1) is 8.20. The van der Waals surface area contributed by atoms with E-state index in [0.29, 0.717) is 23.2 Å². The molecule has 0 spiro atoms. The summed E-state index contributed by atoms with van der Waals surface area (Å²) in [5.74, 6) is 0.0412. The summed E-state index contributed by atoms with van der Waals surface area (Å²) in [4.78, 5) is 11.0. The fourth-order valence-electron chi connectivity index (χ4n) is 1.36. The van der Waals surface area contributed by atoms with E-state index in [9.17, 15) is 9.18 Å². The monoisotopic (exact) mass is 232 g/mol. The number of carbonyl (C=O) groups excluding carboxylic acids is 1. The van der Waals surface area contributed by atoms with Crippen molar-refractivity contribution in [1.82, 2.24) is 20.2 Å². The van der Waals surface area contributed by atoms with E-state index in [0.717, 1.165) is 0 Å². The van der Waals surface area contributed by atoms with Gasteiger partial charge in [-0.2, -0.15) is 0 Å². The summed E-state index contributed by atoms with van der Waals surface area (Å²) < 4.78 is 14.1. The number of carbonyl (C=O) groups is 1. The Morgan fingerprint density at radius 2 is 2.06 bits per heavy atom. The number of aldehydes is 1. The molecule has 0 unspecified atom stereocenters. The van der Waals surface area contributed by atoms with E-state index < -0.39 is 0 Å². The maximum Gasteiger partial charge on any atom is 0.185 e. The van der Waals surface area contributed by atoms with Crippen molar-refractivity contribution < 1.29 is 9.18 Å². The van der Waals surface area contributed by atoms with Crippen molar-refractivity contribution in [3.8, 4) is 0 Å². The zero-order valence-corrected chi connectivity index (χ0v) is 9.04. The average Bonchev–Trinajstić information content (AvgIpc) is 2.75. The third kappa shape index (κ3) is 2.41. The van der Waals surface area contributed by atoms with E-state index in [-0.39, 0.29) is 5.82 Å².